The summed E-state index contributed by atoms with van der Waals surface area (Å²) in [6.45, 7) is 31.9. The van der Waals surface area contributed by atoms with Gasteiger partial charge in [0, 0.05) is 38.8 Å². The van der Waals surface area contributed by atoms with Gasteiger partial charge in [0.25, 0.3) is 0 Å². The highest BCUT2D eigenvalue weighted by Gasteiger charge is 2.50. The van der Waals surface area contributed by atoms with Gasteiger partial charge in [-0.1, -0.05) is 150 Å². The van der Waals surface area contributed by atoms with Gasteiger partial charge in [0.05, 0.1) is 11.4 Å². The Hall–Kier alpha value is -5.74. The molecule has 0 unspecified atom stereocenters. The monoisotopic (exact) mass is 905 g/mol. The van der Waals surface area contributed by atoms with Crippen LogP contribution in [0.15, 0.2) is 114 Å². The van der Waals surface area contributed by atoms with E-state index in [9.17, 15) is 0 Å². The van der Waals surface area contributed by atoms with Crippen molar-refractivity contribution >= 4 is 78.9 Å². The molecule has 0 radical (unpaired) electrons. The van der Waals surface area contributed by atoms with Gasteiger partial charge in [0.15, 0.2) is 5.58 Å². The van der Waals surface area contributed by atoms with Crippen LogP contribution in [0.5, 0.6) is 0 Å². The van der Waals surface area contributed by atoms with Crippen LogP contribution >= 0.6 is 0 Å². The molecule has 8 aromatic rings. The van der Waals surface area contributed by atoms with Crippen molar-refractivity contribution in [2.45, 2.75) is 161 Å². The first-order valence-electron chi connectivity index (χ1n) is 26.2. The highest BCUT2D eigenvalue weighted by atomic mass is 16.3. The quantitative estimate of drug-likeness (QED) is 0.161. The van der Waals surface area contributed by atoms with Crippen molar-refractivity contribution in [2.75, 3.05) is 9.71 Å². The second-order valence-electron chi connectivity index (χ2n) is 26.1. The summed E-state index contributed by atoms with van der Waals surface area (Å²) in [5.41, 5.74) is 24.1. The first kappa shape index (κ1) is 43.3. The van der Waals surface area contributed by atoms with Gasteiger partial charge in [0.1, 0.15) is 5.58 Å². The molecule has 0 atom stereocenters. The van der Waals surface area contributed by atoms with Crippen molar-refractivity contribution < 1.29 is 4.42 Å². The lowest BCUT2D eigenvalue weighted by Gasteiger charge is -2.49. The van der Waals surface area contributed by atoms with Gasteiger partial charge in [-0.05, 0) is 181 Å². The largest absolute Gasteiger partial charge is 0.454 e. The van der Waals surface area contributed by atoms with Crippen LogP contribution in [0.1, 0.15) is 161 Å². The van der Waals surface area contributed by atoms with Gasteiger partial charge >= 0.3 is 6.85 Å². The summed E-state index contributed by atoms with van der Waals surface area (Å²) in [5, 5.41) is 4.86. The Morgan fingerprint density at radius 2 is 0.986 bits per heavy atom. The summed E-state index contributed by atoms with van der Waals surface area (Å²) in [6, 6.07) is 43.4. The van der Waals surface area contributed by atoms with Crippen LogP contribution in [0.2, 0.25) is 0 Å². The molecule has 13 rings (SSSR count). The Kier molecular flexibility index (Phi) is 8.64. The van der Waals surface area contributed by atoms with Crippen LogP contribution in [-0.4, -0.2) is 6.85 Å². The van der Waals surface area contributed by atoms with Gasteiger partial charge in [-0.25, -0.2) is 0 Å². The predicted octanol–water partition coefficient (Wildman–Crippen LogP) is 16.8. The molecule has 3 nitrogen and oxygen atoms in total. The van der Waals surface area contributed by atoms with E-state index in [2.05, 4.69) is 209 Å². The Morgan fingerprint density at radius 1 is 0.449 bits per heavy atom. The van der Waals surface area contributed by atoms with Gasteiger partial charge in [-0.2, -0.15) is 0 Å². The molecule has 0 bridgehead atoms. The number of nitrogens with zero attached hydrogens (tertiary/aromatic N) is 2. The third-order valence-electron chi connectivity index (χ3n) is 18.9. The zero-order chi connectivity index (χ0) is 48.1. The van der Waals surface area contributed by atoms with Crippen molar-refractivity contribution in [1.82, 2.24) is 0 Å². The Morgan fingerprint density at radius 3 is 1.64 bits per heavy atom. The van der Waals surface area contributed by atoms with Gasteiger partial charge < -0.3 is 14.1 Å². The molecule has 0 saturated carbocycles. The maximum atomic E-state index is 7.30. The van der Waals surface area contributed by atoms with E-state index in [1.54, 1.807) is 0 Å². The lowest BCUT2D eigenvalue weighted by Crippen LogP contribution is -2.62. The molecular formula is C65H69BN2O. The van der Waals surface area contributed by atoms with E-state index in [0.717, 1.165) is 34.0 Å². The van der Waals surface area contributed by atoms with E-state index in [-0.39, 0.29) is 39.3 Å². The van der Waals surface area contributed by atoms with E-state index in [1.165, 1.54) is 127 Å². The molecule has 1 aromatic heterocycles. The number of anilines is 5. The number of benzene rings is 7. The smallest absolute Gasteiger partial charge is 0.333 e. The summed E-state index contributed by atoms with van der Waals surface area (Å²) in [6.07, 6.45) is 7.03. The molecule has 0 N–H and O–H groups in total. The molecule has 0 amide bonds. The van der Waals surface area contributed by atoms with Crippen molar-refractivity contribution in [3.05, 3.63) is 148 Å². The van der Waals surface area contributed by atoms with Gasteiger partial charge in [0.2, 0.25) is 0 Å². The highest BCUT2D eigenvalue weighted by molar-refractivity contribution is 6.94. The first-order chi connectivity index (χ1) is 32.6. The second kappa shape index (κ2) is 13.8. The van der Waals surface area contributed by atoms with E-state index < -0.39 is 0 Å². The van der Waals surface area contributed by atoms with E-state index >= 15 is 0 Å². The number of furan rings is 1. The van der Waals surface area contributed by atoms with E-state index in [0.29, 0.717) is 0 Å². The van der Waals surface area contributed by atoms with Gasteiger partial charge in [-0.3, -0.25) is 0 Å². The minimum Gasteiger partial charge on any atom is -0.454 e. The first-order valence-corrected chi connectivity index (χ1v) is 26.2. The summed E-state index contributed by atoms with van der Waals surface area (Å²) < 4.78 is 7.30. The summed E-state index contributed by atoms with van der Waals surface area (Å²) in [4.78, 5) is 5.49. The number of para-hydroxylation sites is 1. The van der Waals surface area contributed by atoms with Crippen molar-refractivity contribution in [3.8, 4) is 11.1 Å². The Balaban J connectivity index is 1.22. The molecule has 3 aliphatic carbocycles. The minimum absolute atomic E-state index is 0.0300. The average Bonchev–Trinajstić information content (AvgIpc) is 3.70. The zero-order valence-corrected chi connectivity index (χ0v) is 43.5. The number of fused-ring (bicyclic) bond motifs is 13. The lowest BCUT2D eigenvalue weighted by atomic mass is 9.43. The fourth-order valence-electron chi connectivity index (χ4n) is 14.2. The molecule has 5 aliphatic rings. The summed E-state index contributed by atoms with van der Waals surface area (Å²) in [5.74, 6) is 0. The number of rotatable bonds is 2. The van der Waals surface area contributed by atoms with Crippen LogP contribution in [0, 0.1) is 6.92 Å². The van der Waals surface area contributed by atoms with E-state index in [4.69, 9.17) is 4.42 Å². The molecule has 3 heterocycles. The standard InChI is InChI=1S/C65H69BN2O/c1-38-32-47-50(64(10,11)30-28-61(47,4)5)36-53(38)67-57-41-19-15-14-18-39(41)33-45-44-35-49-51(65(12,13)31-29-63(49,8)9)37-54(44)68(40-22-24-46-48(34-40)62(6,7)27-26-60(46,2)3)66(56(45)57)52-25-23-43-42-20-16-17-21-55(42)69-59(43)58(52)67/h14-25,32-37H,26-31H2,1-13H3. The number of hydrogen-bond donors (Lipinski definition) is 0. The fourth-order valence-corrected chi connectivity index (χ4v) is 14.2. The molecule has 7 aromatic carbocycles. The normalized spacial score (nSPS) is 20.5. The van der Waals surface area contributed by atoms with Crippen LogP contribution in [0.3, 0.4) is 0 Å². The Labute approximate surface area is 411 Å². The predicted molar refractivity (Wildman–Crippen MR) is 296 cm³/mol. The van der Waals surface area contributed by atoms with E-state index in [1.807, 2.05) is 0 Å². The van der Waals surface area contributed by atoms with Crippen molar-refractivity contribution in [3.63, 3.8) is 0 Å². The molecule has 0 fully saturated rings. The number of aryl methyl sites for hydroxylation is 1. The average molecular weight is 905 g/mol. The molecule has 69 heavy (non-hydrogen) atoms. The zero-order valence-electron chi connectivity index (χ0n) is 43.5. The fraction of sp³-hybridized carbons (Fsp3) is 0.385. The molecule has 0 saturated heterocycles. The molecule has 0 spiro atoms. The highest BCUT2D eigenvalue weighted by Crippen LogP contribution is 2.57. The number of hydrogen-bond acceptors (Lipinski definition) is 3. The van der Waals surface area contributed by atoms with Crippen LogP contribution in [-0.2, 0) is 32.5 Å². The minimum atomic E-state index is -0.139. The summed E-state index contributed by atoms with van der Waals surface area (Å²) in [7, 11) is 0. The maximum absolute atomic E-state index is 7.30. The van der Waals surface area contributed by atoms with Crippen LogP contribution < -0.4 is 20.6 Å². The SMILES string of the molecule is Cc1cc2c(cc1N1c3c4c(cc5ccccc35)-c3cc5c(cc3N(c3ccc6c(c3)C(C)(C)CCC6(C)C)B4c3ccc4c(oc6ccccc64)c31)C(C)(C)CCC5(C)C)C(C)(C)CCC2(C)C. The lowest BCUT2D eigenvalue weighted by molar-refractivity contribution is 0.332. The molecule has 348 valence electrons. The Bertz CT molecular complexity index is 3560. The molecular weight excluding hydrogens is 836 g/mol. The molecule has 2 aliphatic heterocycles. The third kappa shape index (κ3) is 5.93. The van der Waals surface area contributed by atoms with Gasteiger partial charge in [-0.15, -0.1) is 0 Å². The van der Waals surface area contributed by atoms with Crippen LogP contribution in [0.25, 0.3) is 43.8 Å². The molecule has 4 heteroatoms. The second-order valence-corrected chi connectivity index (χ2v) is 26.1. The van der Waals surface area contributed by atoms with Crippen LogP contribution in [0.4, 0.5) is 28.4 Å². The van der Waals surface area contributed by atoms with Crippen molar-refractivity contribution in [1.29, 1.82) is 0 Å². The topological polar surface area (TPSA) is 19.6 Å². The van der Waals surface area contributed by atoms with Crippen molar-refractivity contribution in [2.24, 2.45) is 0 Å². The summed E-state index contributed by atoms with van der Waals surface area (Å²) >= 11 is 0. The maximum Gasteiger partial charge on any atom is 0.333 e. The third-order valence-corrected chi connectivity index (χ3v) is 18.9.